The van der Waals surface area contributed by atoms with Crippen LogP contribution < -0.4 is 16.0 Å². The normalized spacial score (nSPS) is 26.9. The molecular weight excluding hydrogens is 320 g/mol. The molecule has 2 amide bonds. The van der Waals surface area contributed by atoms with Crippen LogP contribution in [0.4, 0.5) is 14.5 Å². The Balaban J connectivity index is 1.65. The third-order valence-corrected chi connectivity index (χ3v) is 4.39. The van der Waals surface area contributed by atoms with E-state index >= 15 is 0 Å². The first kappa shape index (κ1) is 16.8. The lowest BCUT2D eigenvalue weighted by molar-refractivity contribution is -0.134. The van der Waals surface area contributed by atoms with Crippen molar-refractivity contribution in [1.82, 2.24) is 5.32 Å². The van der Waals surface area contributed by atoms with Crippen molar-refractivity contribution >= 4 is 17.5 Å². The van der Waals surface area contributed by atoms with Crippen molar-refractivity contribution in [3.8, 4) is 0 Å². The number of halogens is 2. The summed E-state index contributed by atoms with van der Waals surface area (Å²) < 4.78 is 33.2. The highest BCUT2D eigenvalue weighted by atomic mass is 19.1. The number of carbonyl (C=O) groups is 2. The van der Waals surface area contributed by atoms with Gasteiger partial charge < -0.3 is 20.7 Å². The Kier molecular flexibility index (Phi) is 4.77. The van der Waals surface area contributed by atoms with Gasteiger partial charge in [0.2, 0.25) is 11.8 Å². The second-order valence-electron chi connectivity index (χ2n) is 5.97. The van der Waals surface area contributed by atoms with Gasteiger partial charge in [0.15, 0.2) is 0 Å². The van der Waals surface area contributed by atoms with E-state index in [-0.39, 0.29) is 30.7 Å². The van der Waals surface area contributed by atoms with Gasteiger partial charge in [0.25, 0.3) is 0 Å². The summed E-state index contributed by atoms with van der Waals surface area (Å²) in [5, 5.41) is 2.61. The Hall–Kier alpha value is -2.06. The number of nitrogens with zero attached hydrogens (tertiary/aromatic N) is 1. The van der Waals surface area contributed by atoms with Gasteiger partial charge in [-0.1, -0.05) is 6.07 Å². The maximum Gasteiger partial charge on any atom is 0.249 e. The molecule has 2 aliphatic heterocycles. The van der Waals surface area contributed by atoms with Crippen LogP contribution in [0, 0.1) is 11.6 Å². The smallest absolute Gasteiger partial charge is 0.249 e. The first-order valence-corrected chi connectivity index (χ1v) is 7.92. The van der Waals surface area contributed by atoms with Gasteiger partial charge >= 0.3 is 0 Å². The van der Waals surface area contributed by atoms with Crippen molar-refractivity contribution in [2.24, 2.45) is 5.73 Å². The molecular formula is C16H19F2N3O3. The van der Waals surface area contributed by atoms with Gasteiger partial charge in [-0.25, -0.2) is 8.78 Å². The minimum Gasteiger partial charge on any atom is -0.364 e. The maximum atomic E-state index is 13.8. The van der Waals surface area contributed by atoms with E-state index in [0.29, 0.717) is 19.4 Å². The predicted molar refractivity (Wildman–Crippen MR) is 82.2 cm³/mol. The van der Waals surface area contributed by atoms with E-state index in [2.05, 4.69) is 5.32 Å². The van der Waals surface area contributed by atoms with E-state index in [4.69, 9.17) is 10.5 Å². The fraction of sp³-hybridized carbons (Fsp3) is 0.500. The molecule has 8 heteroatoms. The highest BCUT2D eigenvalue weighted by Crippen LogP contribution is 2.28. The average Bonchev–Trinajstić information content (AvgIpc) is 3.16. The van der Waals surface area contributed by atoms with Crippen LogP contribution >= 0.6 is 0 Å². The summed E-state index contributed by atoms with van der Waals surface area (Å²) in [7, 11) is 0. The molecule has 130 valence electrons. The van der Waals surface area contributed by atoms with Crippen molar-refractivity contribution in [2.45, 2.75) is 37.5 Å². The van der Waals surface area contributed by atoms with E-state index in [1.54, 1.807) is 0 Å². The SMILES string of the molecule is NC[C@H]1CC[C@@H](C(=O)NC2CCN(c3c(F)cccc3F)C2=O)O1. The molecule has 3 N–H and O–H groups in total. The van der Waals surface area contributed by atoms with Gasteiger partial charge in [-0.05, 0) is 31.4 Å². The number of amides is 2. The van der Waals surface area contributed by atoms with Gasteiger partial charge in [0, 0.05) is 13.1 Å². The number of hydrogen-bond donors (Lipinski definition) is 2. The second-order valence-corrected chi connectivity index (χ2v) is 5.97. The number of benzene rings is 1. The van der Waals surface area contributed by atoms with Gasteiger partial charge in [0.05, 0.1) is 6.10 Å². The van der Waals surface area contributed by atoms with Crippen LogP contribution in [0.5, 0.6) is 0 Å². The van der Waals surface area contributed by atoms with Crippen molar-refractivity contribution < 1.29 is 23.1 Å². The molecule has 1 aromatic carbocycles. The Morgan fingerprint density at radius 1 is 1.29 bits per heavy atom. The Bertz CT molecular complexity index is 635. The highest BCUT2D eigenvalue weighted by molar-refractivity contribution is 6.01. The van der Waals surface area contributed by atoms with E-state index in [1.807, 2.05) is 0 Å². The van der Waals surface area contributed by atoms with Gasteiger partial charge in [0.1, 0.15) is 29.5 Å². The predicted octanol–water partition coefficient (Wildman–Crippen LogP) is 0.693. The van der Waals surface area contributed by atoms with Gasteiger partial charge in [-0.15, -0.1) is 0 Å². The standard InChI is InChI=1S/C16H19F2N3O3/c17-10-2-1-3-11(18)14(10)21-7-6-12(16(21)23)20-15(22)13-5-4-9(8-19)24-13/h1-3,9,12-13H,4-8,19H2,(H,20,22)/t9-,12?,13+/m1/s1. The summed E-state index contributed by atoms with van der Waals surface area (Å²) in [6.45, 7) is 0.477. The molecule has 0 radical (unpaired) electrons. The van der Waals surface area contributed by atoms with E-state index in [9.17, 15) is 18.4 Å². The van der Waals surface area contributed by atoms with Crippen molar-refractivity contribution in [3.05, 3.63) is 29.8 Å². The largest absolute Gasteiger partial charge is 0.364 e. The van der Waals surface area contributed by atoms with Gasteiger partial charge in [-0.2, -0.15) is 0 Å². The molecule has 2 fully saturated rings. The quantitative estimate of drug-likeness (QED) is 0.845. The van der Waals surface area contributed by atoms with Crippen molar-refractivity contribution in [3.63, 3.8) is 0 Å². The number of carbonyl (C=O) groups excluding carboxylic acids is 2. The third kappa shape index (κ3) is 3.11. The van der Waals surface area contributed by atoms with Gasteiger partial charge in [-0.3, -0.25) is 9.59 Å². The van der Waals surface area contributed by atoms with E-state index < -0.39 is 29.7 Å². The third-order valence-electron chi connectivity index (χ3n) is 4.39. The molecule has 0 aromatic heterocycles. The number of nitrogens with one attached hydrogen (secondary N) is 1. The molecule has 1 unspecified atom stereocenters. The molecule has 0 bridgehead atoms. The molecule has 0 saturated carbocycles. The zero-order valence-electron chi connectivity index (χ0n) is 13.0. The average molecular weight is 339 g/mol. The van der Waals surface area contributed by atoms with E-state index in [1.165, 1.54) is 6.07 Å². The molecule has 24 heavy (non-hydrogen) atoms. The summed E-state index contributed by atoms with van der Waals surface area (Å²) in [4.78, 5) is 25.6. The molecule has 1 aromatic rings. The zero-order valence-corrected chi connectivity index (χ0v) is 13.0. The number of anilines is 1. The summed E-state index contributed by atoms with van der Waals surface area (Å²) in [5.74, 6) is -2.53. The van der Waals surface area contributed by atoms with Crippen LogP contribution in [0.25, 0.3) is 0 Å². The molecule has 3 atom stereocenters. The molecule has 3 rings (SSSR count). The molecule has 2 saturated heterocycles. The number of ether oxygens (including phenoxy) is 1. The Labute approximate surface area is 137 Å². The van der Waals surface area contributed by atoms with Crippen LogP contribution in [0.1, 0.15) is 19.3 Å². The fourth-order valence-corrected chi connectivity index (χ4v) is 3.12. The number of rotatable bonds is 4. The first-order chi connectivity index (χ1) is 11.5. The summed E-state index contributed by atoms with van der Waals surface area (Å²) in [6, 6.07) is 2.62. The minimum atomic E-state index is -0.808. The zero-order chi connectivity index (χ0) is 17.3. The van der Waals surface area contributed by atoms with Crippen LogP contribution in [0.15, 0.2) is 18.2 Å². The van der Waals surface area contributed by atoms with Crippen LogP contribution in [-0.2, 0) is 14.3 Å². The molecule has 6 nitrogen and oxygen atoms in total. The van der Waals surface area contributed by atoms with E-state index in [0.717, 1.165) is 17.0 Å². The van der Waals surface area contributed by atoms with Crippen LogP contribution in [0.3, 0.4) is 0 Å². The lowest BCUT2D eigenvalue weighted by Crippen LogP contribution is -2.46. The summed E-state index contributed by atoms with van der Waals surface area (Å²) in [6.07, 6.45) is 0.737. The number of nitrogens with two attached hydrogens (primary N) is 1. The molecule has 0 aliphatic carbocycles. The number of hydrogen-bond acceptors (Lipinski definition) is 4. The Morgan fingerprint density at radius 2 is 2.00 bits per heavy atom. The van der Waals surface area contributed by atoms with Crippen molar-refractivity contribution in [1.29, 1.82) is 0 Å². The lowest BCUT2D eigenvalue weighted by Gasteiger charge is -2.19. The summed E-state index contributed by atoms with van der Waals surface area (Å²) in [5.41, 5.74) is 5.13. The first-order valence-electron chi connectivity index (χ1n) is 7.92. The molecule has 2 heterocycles. The van der Waals surface area contributed by atoms with Crippen LogP contribution in [0.2, 0.25) is 0 Å². The summed E-state index contributed by atoms with van der Waals surface area (Å²) >= 11 is 0. The minimum absolute atomic E-state index is 0.137. The molecule has 2 aliphatic rings. The topological polar surface area (TPSA) is 84.7 Å². The maximum absolute atomic E-state index is 13.8. The highest BCUT2D eigenvalue weighted by Gasteiger charge is 2.38. The monoisotopic (exact) mass is 339 g/mol. The fourth-order valence-electron chi connectivity index (χ4n) is 3.12. The Morgan fingerprint density at radius 3 is 2.62 bits per heavy atom. The molecule has 0 spiro atoms. The second kappa shape index (κ2) is 6.82. The lowest BCUT2D eigenvalue weighted by atomic mass is 10.1. The van der Waals surface area contributed by atoms with Crippen LogP contribution in [-0.4, -0.2) is 43.2 Å². The number of para-hydroxylation sites is 1. The van der Waals surface area contributed by atoms with Crippen molar-refractivity contribution in [2.75, 3.05) is 18.0 Å².